The van der Waals surface area contributed by atoms with Gasteiger partial charge in [-0.1, -0.05) is 6.92 Å². The van der Waals surface area contributed by atoms with Gasteiger partial charge in [-0.25, -0.2) is 0 Å². The fourth-order valence-electron chi connectivity index (χ4n) is 1.72. The van der Waals surface area contributed by atoms with E-state index in [1.165, 1.54) is 0 Å². The average Bonchev–Trinajstić information content (AvgIpc) is 2.38. The molecule has 1 unspecified atom stereocenters. The number of amides is 1. The van der Waals surface area contributed by atoms with Crippen molar-refractivity contribution in [2.45, 2.75) is 33.2 Å². The number of nitrogens with one attached hydrogen (secondary N) is 1. The van der Waals surface area contributed by atoms with Crippen molar-refractivity contribution in [2.75, 3.05) is 18.5 Å². The Kier molecular flexibility index (Phi) is 5.99. The fourth-order valence-corrected chi connectivity index (χ4v) is 1.72. The third kappa shape index (κ3) is 4.35. The molecule has 0 spiro atoms. The molecule has 0 aliphatic carbocycles. The van der Waals surface area contributed by atoms with Crippen molar-refractivity contribution in [1.29, 1.82) is 0 Å². The van der Waals surface area contributed by atoms with Crippen LogP contribution in [0.2, 0.25) is 0 Å². The van der Waals surface area contributed by atoms with E-state index in [4.69, 9.17) is 15.2 Å². The number of carbonyl (C=O) groups is 1. The zero-order valence-corrected chi connectivity index (χ0v) is 11.7. The Morgan fingerprint density at radius 3 is 2.47 bits per heavy atom. The first kappa shape index (κ1) is 15.1. The van der Waals surface area contributed by atoms with Crippen LogP contribution in [0.4, 0.5) is 5.69 Å². The van der Waals surface area contributed by atoms with E-state index in [9.17, 15) is 4.79 Å². The maximum absolute atomic E-state index is 11.3. The molecule has 1 aromatic rings. The maximum Gasteiger partial charge on any atom is 0.239 e. The number of nitrogens with two attached hydrogens (primary N) is 1. The van der Waals surface area contributed by atoms with Crippen molar-refractivity contribution in [3.05, 3.63) is 18.2 Å². The van der Waals surface area contributed by atoms with E-state index in [0.29, 0.717) is 25.4 Å². The predicted molar refractivity (Wildman–Crippen MR) is 75.7 cm³/mol. The zero-order chi connectivity index (χ0) is 14.3. The van der Waals surface area contributed by atoms with Crippen LogP contribution in [0, 0.1) is 0 Å². The quantitative estimate of drug-likeness (QED) is 0.756. The van der Waals surface area contributed by atoms with Crippen LogP contribution in [0.3, 0.4) is 0 Å². The number of primary amides is 1. The molecule has 1 aromatic carbocycles. The van der Waals surface area contributed by atoms with E-state index in [0.717, 1.165) is 11.4 Å². The van der Waals surface area contributed by atoms with Gasteiger partial charge in [-0.2, -0.15) is 0 Å². The maximum atomic E-state index is 11.3. The summed E-state index contributed by atoms with van der Waals surface area (Å²) in [7, 11) is 0. The van der Waals surface area contributed by atoms with Crippen LogP contribution >= 0.6 is 0 Å². The molecule has 1 rings (SSSR count). The second-order valence-corrected chi connectivity index (χ2v) is 4.03. The number of hydrogen-bond acceptors (Lipinski definition) is 4. The van der Waals surface area contributed by atoms with Crippen molar-refractivity contribution in [3.8, 4) is 11.5 Å². The van der Waals surface area contributed by atoms with Crippen molar-refractivity contribution >= 4 is 11.6 Å². The summed E-state index contributed by atoms with van der Waals surface area (Å²) < 4.78 is 11.0. The van der Waals surface area contributed by atoms with E-state index in [1.54, 1.807) is 0 Å². The van der Waals surface area contributed by atoms with Gasteiger partial charge in [-0.05, 0) is 32.4 Å². The van der Waals surface area contributed by atoms with Crippen LogP contribution in [0.5, 0.6) is 11.5 Å². The molecule has 1 atom stereocenters. The van der Waals surface area contributed by atoms with Gasteiger partial charge in [0.05, 0.1) is 18.9 Å². The predicted octanol–water partition coefficient (Wildman–Crippen LogP) is 2.16. The highest BCUT2D eigenvalue weighted by Gasteiger charge is 2.15. The number of ether oxygens (including phenoxy) is 2. The van der Waals surface area contributed by atoms with Gasteiger partial charge in [-0.3, -0.25) is 4.79 Å². The fraction of sp³-hybridized carbons (Fsp3) is 0.500. The zero-order valence-electron chi connectivity index (χ0n) is 11.7. The van der Waals surface area contributed by atoms with Gasteiger partial charge < -0.3 is 20.5 Å². The number of carbonyl (C=O) groups excluding carboxylic acids is 1. The van der Waals surface area contributed by atoms with E-state index >= 15 is 0 Å². The largest absolute Gasteiger partial charge is 0.494 e. The first-order chi connectivity index (χ1) is 9.12. The molecular formula is C14H22N2O3. The van der Waals surface area contributed by atoms with Crippen LogP contribution in [0.15, 0.2) is 18.2 Å². The summed E-state index contributed by atoms with van der Waals surface area (Å²) in [6.07, 6.45) is 0.611. The van der Waals surface area contributed by atoms with E-state index in [-0.39, 0.29) is 5.91 Å². The Bertz CT molecular complexity index is 421. The molecule has 1 amide bonds. The highest BCUT2D eigenvalue weighted by atomic mass is 16.5. The summed E-state index contributed by atoms with van der Waals surface area (Å²) in [4.78, 5) is 11.3. The van der Waals surface area contributed by atoms with E-state index in [2.05, 4.69) is 5.32 Å². The third-order valence-electron chi connectivity index (χ3n) is 2.64. The van der Waals surface area contributed by atoms with Gasteiger partial charge in [0.1, 0.15) is 17.5 Å². The molecule has 106 valence electrons. The second kappa shape index (κ2) is 7.51. The molecule has 0 aliphatic rings. The Morgan fingerprint density at radius 2 is 1.95 bits per heavy atom. The number of anilines is 1. The monoisotopic (exact) mass is 266 g/mol. The highest BCUT2D eigenvalue weighted by molar-refractivity contribution is 5.83. The Morgan fingerprint density at radius 1 is 1.26 bits per heavy atom. The third-order valence-corrected chi connectivity index (χ3v) is 2.64. The van der Waals surface area contributed by atoms with Crippen molar-refractivity contribution in [2.24, 2.45) is 5.73 Å². The number of hydrogen-bond donors (Lipinski definition) is 2. The first-order valence-electron chi connectivity index (χ1n) is 6.57. The van der Waals surface area contributed by atoms with Crippen molar-refractivity contribution in [3.63, 3.8) is 0 Å². The van der Waals surface area contributed by atoms with Gasteiger partial charge in [0.2, 0.25) is 5.91 Å². The summed E-state index contributed by atoms with van der Waals surface area (Å²) >= 11 is 0. The van der Waals surface area contributed by atoms with Crippen LogP contribution in [0.1, 0.15) is 27.2 Å². The molecule has 5 nitrogen and oxygen atoms in total. The SMILES string of the molecule is CCOc1ccc(OCC)c(NC(CC)C(N)=O)c1. The molecule has 3 N–H and O–H groups in total. The summed E-state index contributed by atoms with van der Waals surface area (Å²) in [5.41, 5.74) is 6.06. The molecule has 0 fully saturated rings. The molecule has 0 radical (unpaired) electrons. The minimum Gasteiger partial charge on any atom is -0.494 e. The van der Waals surface area contributed by atoms with Crippen LogP contribution < -0.4 is 20.5 Å². The lowest BCUT2D eigenvalue weighted by atomic mass is 10.2. The molecule has 0 heterocycles. The van der Waals surface area contributed by atoms with Crippen LogP contribution in [0.25, 0.3) is 0 Å². The van der Waals surface area contributed by atoms with Crippen molar-refractivity contribution < 1.29 is 14.3 Å². The average molecular weight is 266 g/mol. The Balaban J connectivity index is 2.98. The van der Waals surface area contributed by atoms with Gasteiger partial charge in [0, 0.05) is 6.07 Å². The standard InChI is InChI=1S/C14H22N2O3/c1-4-11(14(15)17)16-12-9-10(18-5-2)7-8-13(12)19-6-3/h7-9,11,16H,4-6H2,1-3H3,(H2,15,17). The number of benzene rings is 1. The first-order valence-corrected chi connectivity index (χ1v) is 6.57. The normalized spacial score (nSPS) is 11.7. The molecule has 19 heavy (non-hydrogen) atoms. The van der Waals surface area contributed by atoms with Gasteiger partial charge in [0.25, 0.3) is 0 Å². The minimum atomic E-state index is -0.420. The van der Waals surface area contributed by atoms with Crippen LogP contribution in [-0.2, 0) is 4.79 Å². The minimum absolute atomic E-state index is 0.383. The van der Waals surface area contributed by atoms with Gasteiger partial charge in [0.15, 0.2) is 0 Å². The lowest BCUT2D eigenvalue weighted by Gasteiger charge is -2.18. The van der Waals surface area contributed by atoms with Crippen LogP contribution in [-0.4, -0.2) is 25.2 Å². The number of rotatable bonds is 8. The molecule has 0 aromatic heterocycles. The summed E-state index contributed by atoms with van der Waals surface area (Å²) in [5.74, 6) is 1.03. The highest BCUT2D eigenvalue weighted by Crippen LogP contribution is 2.30. The Labute approximate surface area is 114 Å². The van der Waals surface area contributed by atoms with E-state index in [1.807, 2.05) is 39.0 Å². The molecule has 0 aliphatic heterocycles. The summed E-state index contributed by atoms with van der Waals surface area (Å²) in [6, 6.07) is 5.06. The van der Waals surface area contributed by atoms with E-state index < -0.39 is 6.04 Å². The molecule has 0 bridgehead atoms. The summed E-state index contributed by atoms with van der Waals surface area (Å²) in [5, 5.41) is 3.10. The molecule has 0 saturated carbocycles. The molecular weight excluding hydrogens is 244 g/mol. The molecule has 0 saturated heterocycles. The molecule has 5 heteroatoms. The lowest BCUT2D eigenvalue weighted by molar-refractivity contribution is -0.118. The second-order valence-electron chi connectivity index (χ2n) is 4.03. The van der Waals surface area contributed by atoms with Gasteiger partial charge >= 0.3 is 0 Å². The summed E-state index contributed by atoms with van der Waals surface area (Å²) in [6.45, 7) is 6.86. The smallest absolute Gasteiger partial charge is 0.239 e. The Hall–Kier alpha value is -1.91. The van der Waals surface area contributed by atoms with Crippen molar-refractivity contribution in [1.82, 2.24) is 0 Å². The van der Waals surface area contributed by atoms with Gasteiger partial charge in [-0.15, -0.1) is 0 Å². The topological polar surface area (TPSA) is 73.6 Å². The lowest BCUT2D eigenvalue weighted by Crippen LogP contribution is -2.34.